The van der Waals surface area contributed by atoms with E-state index in [9.17, 15) is 4.79 Å². The summed E-state index contributed by atoms with van der Waals surface area (Å²) >= 11 is 0. The minimum absolute atomic E-state index is 0.455. The van der Waals surface area contributed by atoms with Crippen LogP contribution in [0.15, 0.2) is 24.4 Å². The fourth-order valence-corrected chi connectivity index (χ4v) is 1.30. The molecule has 0 atom stereocenters. The number of aromatic amines is 1. The molecule has 0 bridgehead atoms. The van der Waals surface area contributed by atoms with Gasteiger partial charge in [0, 0.05) is 11.8 Å². The van der Waals surface area contributed by atoms with Gasteiger partial charge in [-0.05, 0) is 11.6 Å². The van der Waals surface area contributed by atoms with Gasteiger partial charge in [0.05, 0.1) is 11.7 Å². The van der Waals surface area contributed by atoms with E-state index in [1.165, 1.54) is 0 Å². The molecule has 3 nitrogen and oxygen atoms in total. The van der Waals surface area contributed by atoms with Gasteiger partial charge in [-0.1, -0.05) is 12.1 Å². The first kappa shape index (κ1) is 7.03. The molecule has 1 heterocycles. The van der Waals surface area contributed by atoms with Crippen molar-refractivity contribution in [2.75, 3.05) is 0 Å². The third-order valence-electron chi connectivity index (χ3n) is 1.88. The molecule has 2 aromatic rings. The van der Waals surface area contributed by atoms with E-state index in [1.807, 2.05) is 18.2 Å². The molecule has 0 saturated heterocycles. The quantitative estimate of drug-likeness (QED) is 0.673. The number of H-pyrrole nitrogens is 1. The third kappa shape index (κ3) is 0.993. The minimum atomic E-state index is 0.455. The van der Waals surface area contributed by atoms with Crippen LogP contribution in [0.25, 0.3) is 10.9 Å². The number of hydrogen-bond donors (Lipinski definition) is 1. The summed E-state index contributed by atoms with van der Waals surface area (Å²) in [6, 6.07) is 5.79. The van der Waals surface area contributed by atoms with E-state index in [0.29, 0.717) is 6.42 Å². The Morgan fingerprint density at radius 1 is 1.50 bits per heavy atom. The van der Waals surface area contributed by atoms with Crippen molar-refractivity contribution in [1.29, 1.82) is 0 Å². The molecule has 0 radical (unpaired) electrons. The zero-order valence-electron chi connectivity index (χ0n) is 6.45. The number of nitrogens with zero attached hydrogens (tertiary/aromatic N) is 1. The van der Waals surface area contributed by atoms with Crippen LogP contribution in [0.4, 0.5) is 0 Å². The van der Waals surface area contributed by atoms with E-state index in [1.54, 1.807) is 6.20 Å². The second-order valence-corrected chi connectivity index (χ2v) is 2.62. The van der Waals surface area contributed by atoms with Crippen molar-refractivity contribution in [3.05, 3.63) is 30.0 Å². The Hall–Kier alpha value is -1.64. The van der Waals surface area contributed by atoms with Gasteiger partial charge in [-0.15, -0.1) is 0 Å². The van der Waals surface area contributed by atoms with Gasteiger partial charge in [-0.2, -0.15) is 5.10 Å². The largest absolute Gasteiger partial charge is 0.303 e. The molecule has 12 heavy (non-hydrogen) atoms. The van der Waals surface area contributed by atoms with Gasteiger partial charge in [0.15, 0.2) is 0 Å². The van der Waals surface area contributed by atoms with Crippen molar-refractivity contribution in [3.63, 3.8) is 0 Å². The predicted molar refractivity (Wildman–Crippen MR) is 45.9 cm³/mol. The second kappa shape index (κ2) is 2.77. The lowest BCUT2D eigenvalue weighted by molar-refractivity contribution is -0.107. The molecule has 0 saturated carbocycles. The van der Waals surface area contributed by atoms with E-state index in [4.69, 9.17) is 0 Å². The maximum absolute atomic E-state index is 10.3. The minimum Gasteiger partial charge on any atom is -0.303 e. The van der Waals surface area contributed by atoms with Crippen molar-refractivity contribution in [1.82, 2.24) is 10.2 Å². The molecule has 0 unspecified atom stereocenters. The number of hydrogen-bond acceptors (Lipinski definition) is 2. The number of aldehydes is 1. The average molecular weight is 160 g/mol. The molecular formula is C9H8N2O. The summed E-state index contributed by atoms with van der Waals surface area (Å²) in [5.41, 5.74) is 2.01. The normalized spacial score (nSPS) is 10.3. The van der Waals surface area contributed by atoms with E-state index in [2.05, 4.69) is 10.2 Å². The lowest BCUT2D eigenvalue weighted by Crippen LogP contribution is -1.85. The Bertz CT molecular complexity index is 406. The number of benzene rings is 1. The monoisotopic (exact) mass is 160 g/mol. The van der Waals surface area contributed by atoms with Crippen LogP contribution in [-0.2, 0) is 11.2 Å². The number of nitrogens with one attached hydrogen (secondary N) is 1. The summed E-state index contributed by atoms with van der Waals surface area (Å²) in [6.45, 7) is 0. The number of fused-ring (bicyclic) bond motifs is 1. The Morgan fingerprint density at radius 2 is 2.42 bits per heavy atom. The molecule has 1 aromatic heterocycles. The molecule has 1 aromatic carbocycles. The van der Waals surface area contributed by atoms with Gasteiger partial charge in [-0.3, -0.25) is 5.10 Å². The number of rotatable bonds is 2. The van der Waals surface area contributed by atoms with Crippen LogP contribution in [0.5, 0.6) is 0 Å². The lowest BCUT2D eigenvalue weighted by atomic mass is 10.1. The molecule has 1 N–H and O–H groups in total. The van der Waals surface area contributed by atoms with Gasteiger partial charge in [0.2, 0.25) is 0 Å². The summed E-state index contributed by atoms with van der Waals surface area (Å²) in [5, 5.41) is 7.79. The molecule has 3 heteroatoms. The predicted octanol–water partition coefficient (Wildman–Crippen LogP) is 1.30. The smallest absolute Gasteiger partial charge is 0.124 e. The third-order valence-corrected chi connectivity index (χ3v) is 1.88. The zero-order valence-corrected chi connectivity index (χ0v) is 6.45. The highest BCUT2D eigenvalue weighted by molar-refractivity contribution is 5.83. The number of carbonyl (C=O) groups is 1. The van der Waals surface area contributed by atoms with Gasteiger partial charge in [0.25, 0.3) is 0 Å². The average Bonchev–Trinajstić information content (AvgIpc) is 2.53. The van der Waals surface area contributed by atoms with Crippen molar-refractivity contribution >= 4 is 17.2 Å². The molecule has 0 aliphatic carbocycles. The van der Waals surface area contributed by atoms with Gasteiger partial charge in [0.1, 0.15) is 6.29 Å². The Balaban J connectivity index is 2.65. The topological polar surface area (TPSA) is 45.8 Å². The van der Waals surface area contributed by atoms with E-state index in [0.717, 1.165) is 22.8 Å². The molecule has 0 aliphatic rings. The molecule has 0 aliphatic heterocycles. The van der Waals surface area contributed by atoms with Crippen LogP contribution >= 0.6 is 0 Å². The summed E-state index contributed by atoms with van der Waals surface area (Å²) in [6.07, 6.45) is 3.10. The van der Waals surface area contributed by atoms with Gasteiger partial charge >= 0.3 is 0 Å². The number of carbonyl (C=O) groups excluding carboxylic acids is 1. The van der Waals surface area contributed by atoms with Crippen LogP contribution in [0.1, 0.15) is 5.56 Å². The highest BCUT2D eigenvalue weighted by Crippen LogP contribution is 2.15. The highest BCUT2D eigenvalue weighted by Gasteiger charge is 2.00. The van der Waals surface area contributed by atoms with Crippen LogP contribution < -0.4 is 0 Å². The van der Waals surface area contributed by atoms with Gasteiger partial charge in [-0.25, -0.2) is 0 Å². The van der Waals surface area contributed by atoms with Crippen molar-refractivity contribution in [2.45, 2.75) is 6.42 Å². The Kier molecular flexibility index (Phi) is 1.63. The van der Waals surface area contributed by atoms with E-state index in [-0.39, 0.29) is 0 Å². The van der Waals surface area contributed by atoms with E-state index < -0.39 is 0 Å². The summed E-state index contributed by atoms with van der Waals surface area (Å²) < 4.78 is 0. The highest BCUT2D eigenvalue weighted by atomic mass is 16.1. The maximum Gasteiger partial charge on any atom is 0.124 e. The maximum atomic E-state index is 10.3. The van der Waals surface area contributed by atoms with Crippen molar-refractivity contribution < 1.29 is 4.79 Å². The SMILES string of the molecule is O=CCc1cccc2[nH]ncc12. The zero-order chi connectivity index (χ0) is 8.39. The Labute approximate surface area is 69.4 Å². The Morgan fingerprint density at radius 3 is 3.25 bits per heavy atom. The number of aromatic nitrogens is 2. The van der Waals surface area contributed by atoms with Crippen LogP contribution in [-0.4, -0.2) is 16.5 Å². The molecule has 0 spiro atoms. The van der Waals surface area contributed by atoms with Crippen LogP contribution in [0, 0.1) is 0 Å². The standard InChI is InChI=1S/C9H8N2O/c12-5-4-7-2-1-3-9-8(7)6-10-11-9/h1-3,5-6H,4H2,(H,10,11). The second-order valence-electron chi connectivity index (χ2n) is 2.62. The molecular weight excluding hydrogens is 152 g/mol. The lowest BCUT2D eigenvalue weighted by Gasteiger charge is -1.95. The molecule has 0 fully saturated rings. The first-order chi connectivity index (χ1) is 5.92. The molecule has 0 amide bonds. The summed E-state index contributed by atoms with van der Waals surface area (Å²) in [7, 11) is 0. The van der Waals surface area contributed by atoms with Crippen molar-refractivity contribution in [3.8, 4) is 0 Å². The summed E-state index contributed by atoms with van der Waals surface area (Å²) in [4.78, 5) is 10.3. The van der Waals surface area contributed by atoms with E-state index >= 15 is 0 Å². The van der Waals surface area contributed by atoms with Crippen molar-refractivity contribution in [2.24, 2.45) is 0 Å². The first-order valence-electron chi connectivity index (χ1n) is 3.76. The summed E-state index contributed by atoms with van der Waals surface area (Å²) in [5.74, 6) is 0. The molecule has 2 rings (SSSR count). The molecule has 60 valence electrons. The first-order valence-corrected chi connectivity index (χ1v) is 3.76. The fraction of sp³-hybridized carbons (Fsp3) is 0.111. The van der Waals surface area contributed by atoms with Gasteiger partial charge < -0.3 is 4.79 Å². The fourth-order valence-electron chi connectivity index (χ4n) is 1.30. The van der Waals surface area contributed by atoms with Crippen LogP contribution in [0.3, 0.4) is 0 Å². The van der Waals surface area contributed by atoms with Crippen LogP contribution in [0.2, 0.25) is 0 Å².